The molecule has 0 aliphatic rings. The number of benzene rings is 1. The van der Waals surface area contributed by atoms with E-state index in [1.54, 1.807) is 0 Å². The van der Waals surface area contributed by atoms with Crippen LogP contribution in [0.2, 0.25) is 5.02 Å². The van der Waals surface area contributed by atoms with Crippen LogP contribution in [0.1, 0.15) is 32.8 Å². The van der Waals surface area contributed by atoms with Gasteiger partial charge in [0.25, 0.3) is 0 Å². The van der Waals surface area contributed by atoms with E-state index in [1.807, 2.05) is 6.92 Å². The van der Waals surface area contributed by atoms with Gasteiger partial charge in [-0.05, 0) is 38.5 Å². The molecule has 0 radical (unpaired) electrons. The maximum atomic E-state index is 13.0. The van der Waals surface area contributed by atoms with E-state index in [0.717, 1.165) is 12.1 Å². The third kappa shape index (κ3) is 4.86. The molecule has 2 N–H and O–H groups in total. The van der Waals surface area contributed by atoms with Crippen molar-refractivity contribution in [1.82, 2.24) is 5.32 Å². The van der Waals surface area contributed by atoms with Crippen LogP contribution in [0.15, 0.2) is 18.2 Å². The highest BCUT2D eigenvalue weighted by molar-refractivity contribution is 6.30. The molecule has 8 heteroatoms. The predicted molar refractivity (Wildman–Crippen MR) is 82.2 cm³/mol. The molecule has 128 valence electrons. The maximum Gasteiger partial charge on any atom is 0.418 e. The Labute approximate surface area is 137 Å². The fraction of sp³-hybridized carbons (Fsp3) is 0.467. The van der Waals surface area contributed by atoms with E-state index in [9.17, 15) is 22.8 Å². The van der Waals surface area contributed by atoms with Gasteiger partial charge >= 0.3 is 6.18 Å². The third-order valence-electron chi connectivity index (χ3n) is 3.21. The van der Waals surface area contributed by atoms with E-state index in [1.165, 1.54) is 19.9 Å². The molecule has 0 heterocycles. The van der Waals surface area contributed by atoms with Crippen LogP contribution in [0.25, 0.3) is 0 Å². The van der Waals surface area contributed by atoms with Crippen LogP contribution in [0.5, 0.6) is 0 Å². The molecule has 0 unspecified atom stereocenters. The predicted octanol–water partition coefficient (Wildman–Crippen LogP) is 3.85. The average Bonchev–Trinajstić information content (AvgIpc) is 2.45. The smallest absolute Gasteiger partial charge is 0.355 e. The standard InChI is InChI=1S/C15H18ClF3N2O2/c1-4-7-20-12(22)14(2,3)13(23)21-11-6-5-9(16)8-10(11)15(17,18)19/h5-6,8H,4,7H2,1-3H3,(H,20,22)(H,21,23). The van der Waals surface area contributed by atoms with Crippen molar-refractivity contribution < 1.29 is 22.8 Å². The molecule has 0 saturated heterocycles. The maximum absolute atomic E-state index is 13.0. The minimum atomic E-state index is -4.68. The SMILES string of the molecule is CCCNC(=O)C(C)(C)C(=O)Nc1ccc(Cl)cc1C(F)(F)F. The van der Waals surface area contributed by atoms with Crippen LogP contribution < -0.4 is 10.6 Å². The number of carbonyl (C=O) groups excluding carboxylic acids is 2. The van der Waals surface area contributed by atoms with Gasteiger partial charge < -0.3 is 10.6 Å². The fourth-order valence-corrected chi connectivity index (χ4v) is 1.87. The van der Waals surface area contributed by atoms with Crippen LogP contribution in [0.3, 0.4) is 0 Å². The van der Waals surface area contributed by atoms with E-state index in [0.29, 0.717) is 13.0 Å². The summed E-state index contributed by atoms with van der Waals surface area (Å²) in [5, 5.41) is 4.61. The first kappa shape index (κ1) is 19.3. The van der Waals surface area contributed by atoms with Crippen molar-refractivity contribution in [2.75, 3.05) is 11.9 Å². The Morgan fingerprint density at radius 2 is 1.78 bits per heavy atom. The first-order chi connectivity index (χ1) is 10.5. The lowest BCUT2D eigenvalue weighted by molar-refractivity contribution is -0.138. The Morgan fingerprint density at radius 1 is 1.17 bits per heavy atom. The molecule has 1 aromatic rings. The molecular weight excluding hydrogens is 333 g/mol. The van der Waals surface area contributed by atoms with Gasteiger partial charge in [-0.3, -0.25) is 9.59 Å². The van der Waals surface area contributed by atoms with E-state index in [-0.39, 0.29) is 5.02 Å². The number of amides is 2. The number of rotatable bonds is 5. The van der Waals surface area contributed by atoms with Gasteiger partial charge in [-0.15, -0.1) is 0 Å². The second-order valence-corrected chi connectivity index (χ2v) is 5.96. The minimum Gasteiger partial charge on any atom is -0.355 e. The summed E-state index contributed by atoms with van der Waals surface area (Å²) >= 11 is 5.58. The molecule has 0 aromatic heterocycles. The molecule has 0 bridgehead atoms. The van der Waals surface area contributed by atoms with E-state index < -0.39 is 34.7 Å². The van der Waals surface area contributed by atoms with Crippen LogP contribution in [0.4, 0.5) is 18.9 Å². The van der Waals surface area contributed by atoms with Crippen molar-refractivity contribution in [3.8, 4) is 0 Å². The van der Waals surface area contributed by atoms with Crippen LogP contribution in [-0.2, 0) is 15.8 Å². The summed E-state index contributed by atoms with van der Waals surface area (Å²) in [5.74, 6) is -1.39. The molecule has 0 aliphatic carbocycles. The monoisotopic (exact) mass is 350 g/mol. The molecule has 0 spiro atoms. The Morgan fingerprint density at radius 3 is 2.30 bits per heavy atom. The molecule has 0 atom stereocenters. The summed E-state index contributed by atoms with van der Waals surface area (Å²) in [4.78, 5) is 24.2. The third-order valence-corrected chi connectivity index (χ3v) is 3.44. The van der Waals surface area contributed by atoms with Crippen LogP contribution in [0, 0.1) is 5.41 Å². The summed E-state index contributed by atoms with van der Waals surface area (Å²) in [6, 6.07) is 3.01. The van der Waals surface area contributed by atoms with Gasteiger partial charge in [0.2, 0.25) is 11.8 Å². The molecule has 0 aliphatic heterocycles. The van der Waals surface area contributed by atoms with Crippen molar-refractivity contribution in [3.05, 3.63) is 28.8 Å². The van der Waals surface area contributed by atoms with Gasteiger partial charge in [-0.25, -0.2) is 0 Å². The van der Waals surface area contributed by atoms with E-state index in [4.69, 9.17) is 11.6 Å². The lowest BCUT2D eigenvalue weighted by Gasteiger charge is -2.23. The van der Waals surface area contributed by atoms with Crippen molar-refractivity contribution in [1.29, 1.82) is 0 Å². The van der Waals surface area contributed by atoms with E-state index in [2.05, 4.69) is 10.6 Å². The molecule has 1 aromatic carbocycles. The Kier molecular flexibility index (Phi) is 6.04. The summed E-state index contributed by atoms with van der Waals surface area (Å²) in [5.41, 5.74) is -3.02. The first-order valence-electron chi connectivity index (χ1n) is 6.96. The number of alkyl halides is 3. The zero-order chi connectivity index (χ0) is 17.8. The van der Waals surface area contributed by atoms with E-state index >= 15 is 0 Å². The first-order valence-corrected chi connectivity index (χ1v) is 7.34. The molecule has 0 saturated carbocycles. The molecule has 2 amide bonds. The molecule has 1 rings (SSSR count). The number of anilines is 1. The lowest BCUT2D eigenvalue weighted by Crippen LogP contribution is -2.45. The number of carbonyl (C=O) groups is 2. The number of halogens is 4. The van der Waals surface area contributed by atoms with Gasteiger partial charge in [-0.1, -0.05) is 18.5 Å². The summed E-state index contributed by atoms with van der Waals surface area (Å²) in [6.07, 6.45) is -4.00. The second-order valence-electron chi connectivity index (χ2n) is 5.52. The minimum absolute atomic E-state index is 0.102. The van der Waals surface area contributed by atoms with Crippen LogP contribution >= 0.6 is 11.6 Å². The van der Waals surface area contributed by atoms with Crippen LogP contribution in [-0.4, -0.2) is 18.4 Å². The zero-order valence-electron chi connectivity index (χ0n) is 13.0. The van der Waals surface area contributed by atoms with Crippen molar-refractivity contribution in [2.24, 2.45) is 5.41 Å². The molecule has 23 heavy (non-hydrogen) atoms. The summed E-state index contributed by atoms with van der Waals surface area (Å²) in [6.45, 7) is 4.91. The normalized spacial score (nSPS) is 12.0. The molecule has 4 nitrogen and oxygen atoms in total. The Balaban J connectivity index is 3.04. The van der Waals surface area contributed by atoms with Gasteiger partial charge in [0.05, 0.1) is 11.3 Å². The number of hydrogen-bond acceptors (Lipinski definition) is 2. The Hall–Kier alpha value is -1.76. The highest BCUT2D eigenvalue weighted by atomic mass is 35.5. The van der Waals surface area contributed by atoms with Gasteiger partial charge in [0, 0.05) is 11.6 Å². The topological polar surface area (TPSA) is 58.2 Å². The molecular formula is C15H18ClF3N2O2. The largest absolute Gasteiger partial charge is 0.418 e. The highest BCUT2D eigenvalue weighted by Crippen LogP contribution is 2.37. The second kappa shape index (κ2) is 7.21. The lowest BCUT2D eigenvalue weighted by atomic mass is 9.90. The van der Waals surface area contributed by atoms with Crippen molar-refractivity contribution in [3.63, 3.8) is 0 Å². The summed E-state index contributed by atoms with van der Waals surface area (Å²) < 4.78 is 39.0. The van der Waals surface area contributed by atoms with Crippen molar-refractivity contribution >= 4 is 29.1 Å². The Bertz CT molecular complexity index is 601. The fourth-order valence-electron chi connectivity index (χ4n) is 1.70. The summed E-state index contributed by atoms with van der Waals surface area (Å²) in [7, 11) is 0. The average molecular weight is 351 g/mol. The number of hydrogen-bond donors (Lipinski definition) is 2. The van der Waals surface area contributed by atoms with Gasteiger partial charge in [0.1, 0.15) is 5.41 Å². The van der Waals surface area contributed by atoms with Crippen molar-refractivity contribution in [2.45, 2.75) is 33.4 Å². The highest BCUT2D eigenvalue weighted by Gasteiger charge is 2.38. The quantitative estimate of drug-likeness (QED) is 0.792. The number of nitrogens with one attached hydrogen (secondary N) is 2. The van der Waals surface area contributed by atoms with Gasteiger partial charge in [0.15, 0.2) is 0 Å². The zero-order valence-corrected chi connectivity index (χ0v) is 13.7. The van der Waals surface area contributed by atoms with Gasteiger partial charge in [-0.2, -0.15) is 13.2 Å². The molecule has 0 fully saturated rings.